The van der Waals surface area contributed by atoms with Crippen LogP contribution in [0.2, 0.25) is 5.02 Å². The second-order valence-corrected chi connectivity index (χ2v) is 10.7. The van der Waals surface area contributed by atoms with Gasteiger partial charge in [0.1, 0.15) is 6.61 Å². The lowest BCUT2D eigenvalue weighted by atomic mass is 9.85. The summed E-state index contributed by atoms with van der Waals surface area (Å²) in [5.74, 6) is 0.565. The number of fused-ring (bicyclic) bond motifs is 3. The lowest BCUT2D eigenvalue weighted by Gasteiger charge is -2.18. The maximum absolute atomic E-state index is 13.1. The average Bonchev–Trinajstić information content (AvgIpc) is 3.43. The standard InChI is InChI=1S/C26H22BrClN2O4/c1-33-20-11-15(10-19(27)23(20)34-13-14-2-4-16(28)5-3-14)12-29-30-24(31)21-17-6-7-18(22(21)25(30)32)26(17)8-9-26/h2-7,10-12,17-18,21-22H,8-9,13H2,1H3/b29-12-/t17-,18-,21-,22+/m1/s1. The van der Waals surface area contributed by atoms with Crippen molar-refractivity contribution in [3.63, 3.8) is 0 Å². The molecule has 4 aliphatic rings. The van der Waals surface area contributed by atoms with Gasteiger partial charge in [-0.1, -0.05) is 35.9 Å². The van der Waals surface area contributed by atoms with Gasteiger partial charge in [-0.25, -0.2) is 0 Å². The van der Waals surface area contributed by atoms with Crippen LogP contribution < -0.4 is 9.47 Å². The number of benzene rings is 2. The number of carbonyl (C=O) groups is 2. The highest BCUT2D eigenvalue weighted by Crippen LogP contribution is 2.73. The lowest BCUT2D eigenvalue weighted by molar-refractivity contribution is -0.141. The van der Waals surface area contributed by atoms with Gasteiger partial charge in [0.15, 0.2) is 11.5 Å². The van der Waals surface area contributed by atoms with Crippen molar-refractivity contribution in [2.75, 3.05) is 7.11 Å². The van der Waals surface area contributed by atoms with Gasteiger partial charge in [0.2, 0.25) is 0 Å². The molecule has 0 N–H and O–H groups in total. The fourth-order valence-electron chi connectivity index (χ4n) is 5.99. The number of carbonyl (C=O) groups excluding carboxylic acids is 2. The zero-order valence-electron chi connectivity index (χ0n) is 18.4. The van der Waals surface area contributed by atoms with Crippen LogP contribution in [0.5, 0.6) is 11.5 Å². The van der Waals surface area contributed by atoms with Crippen LogP contribution in [-0.4, -0.2) is 30.1 Å². The van der Waals surface area contributed by atoms with Crippen molar-refractivity contribution in [2.45, 2.75) is 19.4 Å². The van der Waals surface area contributed by atoms with Crippen LogP contribution in [0.3, 0.4) is 0 Å². The van der Waals surface area contributed by atoms with Gasteiger partial charge in [-0.2, -0.15) is 10.1 Å². The molecule has 1 aliphatic heterocycles. The van der Waals surface area contributed by atoms with Crippen LogP contribution >= 0.6 is 27.5 Å². The summed E-state index contributed by atoms with van der Waals surface area (Å²) in [4.78, 5) is 26.2. The molecule has 2 aromatic carbocycles. The van der Waals surface area contributed by atoms with E-state index in [1.54, 1.807) is 13.2 Å². The topological polar surface area (TPSA) is 68.2 Å². The van der Waals surface area contributed by atoms with E-state index in [0.29, 0.717) is 33.2 Å². The maximum atomic E-state index is 13.1. The second kappa shape index (κ2) is 7.95. The number of ether oxygens (including phenoxy) is 2. The van der Waals surface area contributed by atoms with Gasteiger partial charge in [0.25, 0.3) is 11.8 Å². The number of hydrogen-bond donors (Lipinski definition) is 0. The summed E-state index contributed by atoms with van der Waals surface area (Å²) in [6.07, 6.45) is 8.07. The minimum Gasteiger partial charge on any atom is -0.493 e. The molecule has 4 atom stereocenters. The van der Waals surface area contributed by atoms with E-state index < -0.39 is 0 Å². The Morgan fingerprint density at radius 1 is 1.12 bits per heavy atom. The Morgan fingerprint density at radius 2 is 1.76 bits per heavy atom. The molecule has 3 aliphatic carbocycles. The predicted octanol–water partition coefficient (Wildman–Crippen LogP) is 5.22. The van der Waals surface area contributed by atoms with E-state index in [4.69, 9.17) is 21.1 Å². The first-order valence-corrected chi connectivity index (χ1v) is 12.4. The SMILES string of the molecule is COc1cc(/C=N\N2C(=O)[C@@H]3[C@H](C2=O)[C@H]2C=C[C@H]3C23CC3)cc(Br)c1OCc1ccc(Cl)cc1. The number of hydrogen-bond acceptors (Lipinski definition) is 5. The zero-order valence-corrected chi connectivity index (χ0v) is 20.8. The second-order valence-electron chi connectivity index (χ2n) is 9.40. The van der Waals surface area contributed by atoms with E-state index in [1.165, 1.54) is 6.21 Å². The van der Waals surface area contributed by atoms with Gasteiger partial charge in [0, 0.05) is 5.02 Å². The fourth-order valence-corrected chi connectivity index (χ4v) is 6.69. The number of imide groups is 1. The number of allylic oxidation sites excluding steroid dienone is 2. The largest absolute Gasteiger partial charge is 0.493 e. The molecule has 34 heavy (non-hydrogen) atoms. The van der Waals surface area contributed by atoms with E-state index in [2.05, 4.69) is 33.2 Å². The van der Waals surface area contributed by atoms with Gasteiger partial charge in [0.05, 0.1) is 29.6 Å². The summed E-state index contributed by atoms with van der Waals surface area (Å²) in [6, 6.07) is 11.0. The molecule has 0 aromatic heterocycles. The summed E-state index contributed by atoms with van der Waals surface area (Å²) in [6.45, 7) is 0.344. The minimum absolute atomic E-state index is 0.177. The smallest absolute Gasteiger partial charge is 0.254 e. The number of halogens is 2. The molecular formula is C26H22BrClN2O4. The van der Waals surface area contributed by atoms with Gasteiger partial charge < -0.3 is 9.47 Å². The zero-order chi connectivity index (χ0) is 23.6. The van der Waals surface area contributed by atoms with Gasteiger partial charge in [-0.05, 0) is 81.4 Å². The Kier molecular flexibility index (Phi) is 5.12. The summed E-state index contributed by atoms with van der Waals surface area (Å²) in [5, 5.41) is 6.04. The Hall–Kier alpha value is -2.64. The molecule has 2 amide bonds. The van der Waals surface area contributed by atoms with E-state index in [1.807, 2.05) is 30.3 Å². The molecule has 2 aromatic rings. The third-order valence-electron chi connectivity index (χ3n) is 7.70. The van der Waals surface area contributed by atoms with Crippen molar-refractivity contribution < 1.29 is 19.1 Å². The van der Waals surface area contributed by atoms with Crippen molar-refractivity contribution in [2.24, 2.45) is 34.2 Å². The molecule has 6 nitrogen and oxygen atoms in total. The summed E-state index contributed by atoms with van der Waals surface area (Å²) >= 11 is 9.49. The van der Waals surface area contributed by atoms with Gasteiger partial charge in [-0.3, -0.25) is 9.59 Å². The Morgan fingerprint density at radius 3 is 2.35 bits per heavy atom. The first-order valence-electron chi connectivity index (χ1n) is 11.3. The van der Waals surface area contributed by atoms with E-state index in [-0.39, 0.29) is 40.9 Å². The first kappa shape index (κ1) is 21.9. The monoisotopic (exact) mass is 540 g/mol. The number of amides is 2. The van der Waals surface area contributed by atoms with Crippen LogP contribution in [0.1, 0.15) is 24.0 Å². The van der Waals surface area contributed by atoms with Crippen molar-refractivity contribution in [1.29, 1.82) is 0 Å². The van der Waals surface area contributed by atoms with E-state index in [0.717, 1.165) is 23.4 Å². The maximum Gasteiger partial charge on any atom is 0.254 e. The normalized spacial score (nSPS) is 27.8. The third-order valence-corrected chi connectivity index (χ3v) is 8.54. The quantitative estimate of drug-likeness (QED) is 0.286. The molecule has 1 spiro atoms. The Balaban J connectivity index is 1.20. The van der Waals surface area contributed by atoms with E-state index in [9.17, 15) is 9.59 Å². The molecule has 2 saturated carbocycles. The number of nitrogens with zero attached hydrogens (tertiary/aromatic N) is 2. The van der Waals surface area contributed by atoms with Crippen LogP contribution in [0.15, 0.2) is 58.1 Å². The molecule has 8 heteroatoms. The third kappa shape index (κ3) is 3.24. The molecule has 0 radical (unpaired) electrons. The van der Waals surface area contributed by atoms with Crippen molar-refractivity contribution in [3.8, 4) is 11.5 Å². The van der Waals surface area contributed by atoms with Crippen LogP contribution in [0.4, 0.5) is 0 Å². The van der Waals surface area contributed by atoms with Crippen LogP contribution in [0, 0.1) is 29.1 Å². The van der Waals surface area contributed by atoms with Crippen molar-refractivity contribution in [3.05, 3.63) is 69.2 Å². The summed E-state index contributed by atoms with van der Waals surface area (Å²) in [5.41, 5.74) is 1.83. The molecule has 1 saturated heterocycles. The van der Waals surface area contributed by atoms with Crippen LogP contribution in [0.25, 0.3) is 0 Å². The molecule has 0 unspecified atom stereocenters. The Bertz CT molecular complexity index is 1220. The highest BCUT2D eigenvalue weighted by molar-refractivity contribution is 9.10. The van der Waals surface area contributed by atoms with Gasteiger partial charge in [-0.15, -0.1) is 0 Å². The molecule has 1 heterocycles. The Labute approximate surface area is 210 Å². The molecular weight excluding hydrogens is 520 g/mol. The number of rotatable bonds is 6. The number of methoxy groups -OCH3 is 1. The lowest BCUT2D eigenvalue weighted by Crippen LogP contribution is -2.30. The van der Waals surface area contributed by atoms with Crippen molar-refractivity contribution >= 4 is 45.6 Å². The highest BCUT2D eigenvalue weighted by Gasteiger charge is 2.73. The van der Waals surface area contributed by atoms with E-state index >= 15 is 0 Å². The summed E-state index contributed by atoms with van der Waals surface area (Å²) < 4.78 is 12.2. The van der Waals surface area contributed by atoms with Crippen molar-refractivity contribution in [1.82, 2.24) is 5.01 Å². The predicted molar refractivity (Wildman–Crippen MR) is 131 cm³/mol. The number of hydrazone groups is 1. The summed E-state index contributed by atoms with van der Waals surface area (Å²) in [7, 11) is 1.56. The average molecular weight is 542 g/mol. The molecule has 174 valence electrons. The van der Waals surface area contributed by atoms with Gasteiger partial charge >= 0.3 is 0 Å². The molecule has 3 fully saturated rings. The first-order chi connectivity index (χ1) is 16.4. The molecule has 2 bridgehead atoms. The fraction of sp³-hybridized carbons (Fsp3) is 0.346. The minimum atomic E-state index is -0.257. The van der Waals surface area contributed by atoms with Crippen LogP contribution in [-0.2, 0) is 16.2 Å². The molecule has 6 rings (SSSR count). The highest BCUT2D eigenvalue weighted by atomic mass is 79.9.